The van der Waals surface area contributed by atoms with Crippen LogP contribution in [0.1, 0.15) is 82.1 Å². The number of rotatable bonds is 6. The zero-order chi connectivity index (χ0) is 21.8. The van der Waals surface area contributed by atoms with Crippen molar-refractivity contribution < 1.29 is 14.0 Å². The number of carbonyl (C=O) groups is 2. The van der Waals surface area contributed by atoms with Gasteiger partial charge in [0.15, 0.2) is 0 Å². The summed E-state index contributed by atoms with van der Waals surface area (Å²) in [6.45, 7) is 5.05. The van der Waals surface area contributed by atoms with Gasteiger partial charge in [0.25, 0.3) is 5.91 Å². The molecular weight excluding hydrogens is 390 g/mol. The van der Waals surface area contributed by atoms with Gasteiger partial charge >= 0.3 is 0 Å². The normalized spacial score (nSPS) is 22.6. The summed E-state index contributed by atoms with van der Waals surface area (Å²) in [5.74, 6) is 0.601. The lowest BCUT2D eigenvalue weighted by atomic mass is 9.91. The van der Waals surface area contributed by atoms with E-state index >= 15 is 0 Å². The molecule has 0 bridgehead atoms. The molecular formula is C25H35N3O3. The highest BCUT2D eigenvalue weighted by Crippen LogP contribution is 2.34. The van der Waals surface area contributed by atoms with Crippen LogP contribution in [0.5, 0.6) is 0 Å². The molecule has 1 unspecified atom stereocenters. The molecule has 1 fully saturated rings. The Bertz CT molecular complexity index is 893. The number of carbonyl (C=O) groups excluding carboxylic acids is 2. The van der Waals surface area contributed by atoms with E-state index in [1.54, 1.807) is 11.2 Å². The molecule has 2 aromatic heterocycles. The molecule has 1 saturated carbocycles. The maximum absolute atomic E-state index is 13.7. The first-order valence-corrected chi connectivity index (χ1v) is 11.9. The Hall–Kier alpha value is -2.50. The lowest BCUT2D eigenvalue weighted by Crippen LogP contribution is -2.65. The zero-order valence-electron chi connectivity index (χ0n) is 18.9. The van der Waals surface area contributed by atoms with E-state index in [0.29, 0.717) is 24.5 Å². The van der Waals surface area contributed by atoms with E-state index in [1.807, 2.05) is 35.8 Å². The van der Waals surface area contributed by atoms with Gasteiger partial charge in [0.2, 0.25) is 5.91 Å². The van der Waals surface area contributed by atoms with Crippen LogP contribution in [0.25, 0.3) is 11.5 Å². The molecule has 2 amide bonds. The smallest absolute Gasteiger partial charge is 0.271 e. The largest absolute Gasteiger partial charge is 0.463 e. The molecule has 1 aliphatic carbocycles. The third-order valence-corrected chi connectivity index (χ3v) is 6.95. The van der Waals surface area contributed by atoms with Gasteiger partial charge in [0, 0.05) is 12.6 Å². The fourth-order valence-corrected chi connectivity index (χ4v) is 5.02. The van der Waals surface area contributed by atoms with Crippen LogP contribution in [0.2, 0.25) is 0 Å². The SMILES string of the molecule is CCCCN1C(=O)c2ccc(-c3ccco3)n2CC1(C)C(=O)NC1CCCCCCC1. The van der Waals surface area contributed by atoms with E-state index < -0.39 is 5.54 Å². The summed E-state index contributed by atoms with van der Waals surface area (Å²) in [6.07, 6.45) is 11.6. The van der Waals surface area contributed by atoms with E-state index in [-0.39, 0.29) is 17.9 Å². The van der Waals surface area contributed by atoms with Crippen molar-refractivity contribution in [2.45, 2.75) is 89.8 Å². The number of hydrogen-bond acceptors (Lipinski definition) is 3. The maximum atomic E-state index is 13.7. The summed E-state index contributed by atoms with van der Waals surface area (Å²) in [5, 5.41) is 3.33. The van der Waals surface area contributed by atoms with E-state index in [4.69, 9.17) is 4.42 Å². The lowest BCUT2D eigenvalue weighted by molar-refractivity contribution is -0.133. The van der Waals surface area contributed by atoms with Crippen LogP contribution in [0.4, 0.5) is 0 Å². The van der Waals surface area contributed by atoms with Crippen LogP contribution in [0, 0.1) is 0 Å². The summed E-state index contributed by atoms with van der Waals surface area (Å²) in [5.41, 5.74) is 0.536. The third kappa shape index (κ3) is 4.30. The Kier molecular flexibility index (Phi) is 6.54. The Balaban J connectivity index is 1.64. The van der Waals surface area contributed by atoms with Crippen LogP contribution in [0.15, 0.2) is 34.9 Å². The van der Waals surface area contributed by atoms with Crippen molar-refractivity contribution in [3.05, 3.63) is 36.2 Å². The van der Waals surface area contributed by atoms with E-state index in [2.05, 4.69) is 12.2 Å². The van der Waals surface area contributed by atoms with Crippen LogP contribution in [-0.4, -0.2) is 39.4 Å². The summed E-state index contributed by atoms with van der Waals surface area (Å²) >= 11 is 0. The second-order valence-corrected chi connectivity index (χ2v) is 9.27. The predicted molar refractivity (Wildman–Crippen MR) is 121 cm³/mol. The third-order valence-electron chi connectivity index (χ3n) is 6.95. The molecule has 31 heavy (non-hydrogen) atoms. The van der Waals surface area contributed by atoms with Gasteiger partial charge in [-0.3, -0.25) is 9.59 Å². The Labute approximate surface area is 185 Å². The van der Waals surface area contributed by atoms with Crippen molar-refractivity contribution in [1.82, 2.24) is 14.8 Å². The van der Waals surface area contributed by atoms with Crippen LogP contribution in [0.3, 0.4) is 0 Å². The molecule has 168 valence electrons. The average Bonchev–Trinajstić information content (AvgIpc) is 3.39. The molecule has 6 nitrogen and oxygen atoms in total. The molecule has 4 rings (SSSR count). The highest BCUT2D eigenvalue weighted by atomic mass is 16.3. The molecule has 0 saturated heterocycles. The maximum Gasteiger partial charge on any atom is 0.271 e. The number of unbranched alkanes of at least 4 members (excludes halogenated alkanes) is 1. The van der Waals surface area contributed by atoms with Crippen molar-refractivity contribution in [2.24, 2.45) is 0 Å². The first-order chi connectivity index (χ1) is 15.0. The topological polar surface area (TPSA) is 67.5 Å². The fourth-order valence-electron chi connectivity index (χ4n) is 5.02. The Morgan fingerprint density at radius 2 is 1.84 bits per heavy atom. The summed E-state index contributed by atoms with van der Waals surface area (Å²) in [6, 6.07) is 7.70. The van der Waals surface area contributed by atoms with Crippen LogP contribution in [-0.2, 0) is 11.3 Å². The van der Waals surface area contributed by atoms with Crippen LogP contribution >= 0.6 is 0 Å². The van der Waals surface area contributed by atoms with Crippen molar-refractivity contribution in [2.75, 3.05) is 6.54 Å². The molecule has 6 heteroatoms. The summed E-state index contributed by atoms with van der Waals surface area (Å²) < 4.78 is 7.56. The van der Waals surface area contributed by atoms with Gasteiger partial charge in [0.1, 0.15) is 17.0 Å². The molecule has 1 atom stereocenters. The molecule has 0 spiro atoms. The zero-order valence-corrected chi connectivity index (χ0v) is 18.9. The minimum absolute atomic E-state index is 0.0349. The number of nitrogens with zero attached hydrogens (tertiary/aromatic N) is 2. The number of nitrogens with one attached hydrogen (secondary N) is 1. The minimum Gasteiger partial charge on any atom is -0.463 e. The first-order valence-electron chi connectivity index (χ1n) is 11.9. The van der Waals surface area contributed by atoms with Gasteiger partial charge in [-0.25, -0.2) is 0 Å². The quantitative estimate of drug-likeness (QED) is 0.709. The van der Waals surface area contributed by atoms with Crippen molar-refractivity contribution in [3.8, 4) is 11.5 Å². The standard InChI is InChI=1S/C25H35N3O3/c1-3-4-16-28-23(29)21-15-14-20(22-13-10-17-31-22)27(21)18-25(28,2)24(30)26-19-11-8-6-5-7-9-12-19/h10,13-15,17,19H,3-9,11-12,16,18H2,1-2H3,(H,26,30). The van der Waals surface area contributed by atoms with Crippen molar-refractivity contribution in [1.29, 1.82) is 0 Å². The second-order valence-electron chi connectivity index (χ2n) is 9.27. The van der Waals surface area contributed by atoms with Gasteiger partial charge in [-0.2, -0.15) is 0 Å². The van der Waals surface area contributed by atoms with Gasteiger partial charge in [0.05, 0.1) is 18.5 Å². The fraction of sp³-hybridized carbons (Fsp3) is 0.600. The van der Waals surface area contributed by atoms with E-state index in [1.165, 1.54) is 19.3 Å². The molecule has 3 heterocycles. The Morgan fingerprint density at radius 3 is 2.52 bits per heavy atom. The van der Waals surface area contributed by atoms with Gasteiger partial charge < -0.3 is 19.2 Å². The highest BCUT2D eigenvalue weighted by Gasteiger charge is 2.48. The molecule has 0 radical (unpaired) electrons. The monoisotopic (exact) mass is 425 g/mol. The predicted octanol–water partition coefficient (Wildman–Crippen LogP) is 4.99. The van der Waals surface area contributed by atoms with Gasteiger partial charge in [-0.1, -0.05) is 45.4 Å². The molecule has 2 aliphatic rings. The van der Waals surface area contributed by atoms with Gasteiger partial charge in [-0.05, 0) is 50.5 Å². The number of hydrogen-bond donors (Lipinski definition) is 1. The molecule has 2 aromatic rings. The van der Waals surface area contributed by atoms with Crippen molar-refractivity contribution >= 4 is 11.8 Å². The van der Waals surface area contributed by atoms with E-state index in [9.17, 15) is 9.59 Å². The number of furan rings is 1. The second kappa shape index (κ2) is 9.33. The summed E-state index contributed by atoms with van der Waals surface area (Å²) in [7, 11) is 0. The van der Waals surface area contributed by atoms with Crippen molar-refractivity contribution in [3.63, 3.8) is 0 Å². The van der Waals surface area contributed by atoms with E-state index in [0.717, 1.165) is 44.2 Å². The number of fused-ring (bicyclic) bond motifs is 1. The van der Waals surface area contributed by atoms with Crippen LogP contribution < -0.4 is 5.32 Å². The number of aromatic nitrogens is 1. The molecule has 1 aliphatic heterocycles. The van der Waals surface area contributed by atoms with Gasteiger partial charge in [-0.15, -0.1) is 0 Å². The highest BCUT2D eigenvalue weighted by molar-refractivity contribution is 6.00. The lowest BCUT2D eigenvalue weighted by Gasteiger charge is -2.45. The minimum atomic E-state index is -0.929. The molecule has 1 N–H and O–H groups in total. The Morgan fingerprint density at radius 1 is 1.13 bits per heavy atom. The summed E-state index contributed by atoms with van der Waals surface area (Å²) in [4.78, 5) is 29.0. The average molecular weight is 426 g/mol. The molecule has 0 aromatic carbocycles. The number of amides is 2. The first kappa shape index (κ1) is 21.7.